The Kier molecular flexibility index (Phi) is 11.7. The highest BCUT2D eigenvalue weighted by molar-refractivity contribution is 6.29. The molecule has 0 aliphatic rings. The summed E-state index contributed by atoms with van der Waals surface area (Å²) in [6.07, 6.45) is 23.7. The number of aromatic nitrogens is 9. The molecule has 9 aromatic heterocycles. The van der Waals surface area contributed by atoms with Crippen molar-refractivity contribution in [2.75, 3.05) is 0 Å². The molecule has 0 unspecified atom stereocenters. The Hall–Kier alpha value is -14.7. The van der Waals surface area contributed by atoms with Gasteiger partial charge in [-0.15, -0.1) is 0 Å². The van der Waals surface area contributed by atoms with Crippen LogP contribution in [0.2, 0.25) is 0 Å². The van der Waals surface area contributed by atoms with E-state index in [1.807, 2.05) is 238 Å². The minimum atomic E-state index is 0.515. The minimum absolute atomic E-state index is 0.515. The van der Waals surface area contributed by atoms with Crippen molar-refractivity contribution in [1.29, 1.82) is 0 Å². The first-order valence-electron chi connectivity index (χ1n) is 54.6. The van der Waals surface area contributed by atoms with E-state index in [9.17, 15) is 0 Å². The fourth-order valence-electron chi connectivity index (χ4n) is 15.6. The zero-order valence-electron chi connectivity index (χ0n) is 95.9. The molecule has 9 heterocycles. The van der Waals surface area contributed by atoms with Gasteiger partial charge in [0.05, 0.1) is 35.8 Å². The van der Waals surface area contributed by atoms with E-state index in [0.717, 1.165) is 141 Å². The van der Waals surface area contributed by atoms with Gasteiger partial charge in [-0.3, -0.25) is 44.9 Å². The Labute approximate surface area is 677 Å². The molecule has 0 bridgehead atoms. The van der Waals surface area contributed by atoms with E-state index in [0.29, 0.717) is 36.3 Å². The Bertz CT molecular complexity index is 6670. The summed E-state index contributed by atoms with van der Waals surface area (Å²) in [6.45, 7) is 0. The fourth-order valence-corrected chi connectivity index (χ4v) is 15.6. The number of nitrogens with zero attached hydrogens (tertiary/aromatic N) is 9. The summed E-state index contributed by atoms with van der Waals surface area (Å²) in [4.78, 5) is 39.4. The van der Waals surface area contributed by atoms with E-state index in [1.54, 1.807) is 24.8 Å². The Morgan fingerprint density at radius 2 is 0.306 bits per heavy atom. The Balaban J connectivity index is 0.000000426. The van der Waals surface area contributed by atoms with Gasteiger partial charge in [0, 0.05) is 193 Å². The second-order valence-electron chi connectivity index (χ2n) is 26.1. The molecule has 0 spiro atoms. The van der Waals surface area contributed by atoms with E-state index in [2.05, 4.69) is 130 Å². The van der Waals surface area contributed by atoms with Gasteiger partial charge in [-0.25, -0.2) is 0 Å². The number of pyridine rings is 9. The number of hydrogen-bond donors (Lipinski definition) is 0. The summed E-state index contributed by atoms with van der Waals surface area (Å²) in [7, 11) is 0. The molecule has 24 rings (SSSR count). The van der Waals surface area contributed by atoms with Crippen LogP contribution in [0.5, 0.6) is 0 Å². The summed E-state index contributed by atoms with van der Waals surface area (Å²) in [5.74, 6) is 0. The predicted octanol–water partition coefficient (Wildman–Crippen LogP) is 29.4. The smallest absolute Gasteiger partial charge is 0.0970 e. The van der Waals surface area contributed by atoms with Crippen molar-refractivity contribution in [3.63, 3.8) is 0 Å². The van der Waals surface area contributed by atoms with Gasteiger partial charge in [0.2, 0.25) is 0 Å². The van der Waals surface area contributed by atoms with Crippen LogP contribution in [-0.2, 0) is 0 Å². The summed E-state index contributed by atoms with van der Waals surface area (Å²) < 4.78 is 207. The molecular formula is C99H95N9. The first-order valence-corrected chi connectivity index (χ1v) is 35.6. The molecule has 0 aliphatic carbocycles. The first kappa shape index (κ1) is 44.8. The largest absolute Gasteiger partial charge is 0.264 e. The summed E-state index contributed by atoms with van der Waals surface area (Å²) in [5.41, 5.74) is 4.80. The second-order valence-corrected chi connectivity index (χ2v) is 26.1. The number of rotatable bonds is 0. The van der Waals surface area contributed by atoms with Gasteiger partial charge in [-0.1, -0.05) is 249 Å². The lowest BCUT2D eigenvalue weighted by molar-refractivity contribution is 1.36. The van der Waals surface area contributed by atoms with Gasteiger partial charge in [-0.2, -0.15) is 0 Å². The van der Waals surface area contributed by atoms with Crippen molar-refractivity contribution < 1.29 is 55.7 Å². The van der Waals surface area contributed by atoms with Gasteiger partial charge >= 0.3 is 0 Å². The van der Waals surface area contributed by atoms with Crippen LogP contribution < -0.4 is 0 Å². The molecule has 0 radical (unpaired) electrons. The highest BCUT2D eigenvalue weighted by atomic mass is 14.7. The molecule has 0 amide bonds. The van der Waals surface area contributed by atoms with Gasteiger partial charge < -0.3 is 0 Å². The summed E-state index contributed by atoms with van der Waals surface area (Å²) >= 11 is 0. The summed E-state index contributed by atoms with van der Waals surface area (Å²) in [5, 5.41) is 35.2. The normalized spacial score (nSPS) is 13.3. The molecule has 0 N–H and O–H groups in total. The van der Waals surface area contributed by atoms with Crippen LogP contribution in [0.3, 0.4) is 0 Å². The molecule has 0 saturated carbocycles. The third-order valence-corrected chi connectivity index (χ3v) is 20.3. The van der Waals surface area contributed by atoms with E-state index < -0.39 is 0 Å². The molecule has 108 heavy (non-hydrogen) atoms. The minimum Gasteiger partial charge on any atom is -0.264 e. The fraction of sp³-hybridized carbons (Fsp3) is 0. The topological polar surface area (TPSA) is 116 Å². The van der Waals surface area contributed by atoms with Gasteiger partial charge in [0.15, 0.2) is 0 Å². The zero-order chi connectivity index (χ0) is 109. The van der Waals surface area contributed by atoms with Crippen molar-refractivity contribution in [1.82, 2.24) is 44.9 Å². The lowest BCUT2D eigenvalue weighted by Crippen LogP contribution is -1.87. The molecule has 536 valence electrons. The Morgan fingerprint density at radius 1 is 0.148 bits per heavy atom. The van der Waals surface area contributed by atoms with Crippen LogP contribution in [0.25, 0.3) is 195 Å². The molecule has 24 aromatic rings. The van der Waals surface area contributed by atoms with E-state index in [-0.39, 0.29) is 0 Å². The molecule has 9 nitrogen and oxygen atoms in total. The maximum Gasteiger partial charge on any atom is 0.0970 e. The Morgan fingerprint density at radius 3 is 0.602 bits per heavy atom. The van der Waals surface area contributed by atoms with Crippen LogP contribution in [-0.4, -0.2) is 44.9 Å². The number of fused-ring (bicyclic) bond motifs is 36. The number of benzene rings is 15. The predicted molar refractivity (Wildman–Crippen MR) is 488 cm³/mol. The van der Waals surface area contributed by atoms with Crippen molar-refractivity contribution in [3.05, 3.63) is 384 Å². The second kappa shape index (κ2) is 28.2. The van der Waals surface area contributed by atoms with Crippen LogP contribution >= 0.6 is 0 Å². The van der Waals surface area contributed by atoms with Crippen LogP contribution in [0, 0.1) is 0 Å². The monoisotopic (exact) mass is 1450 g/mol. The molecular weight excluding hydrogens is 1320 g/mol. The molecule has 0 saturated heterocycles. The average molecular weight is 1450 g/mol. The summed E-state index contributed by atoms with van der Waals surface area (Å²) in [6, 6.07) is 90.9. The maximum absolute atomic E-state index is 7.84. The van der Waals surface area contributed by atoms with Crippen LogP contribution in [0.4, 0.5) is 0 Å². The van der Waals surface area contributed by atoms with Crippen molar-refractivity contribution in [3.8, 4) is 0 Å². The maximum atomic E-state index is 7.84. The molecule has 0 atom stereocenters. The highest BCUT2D eigenvalue weighted by Crippen LogP contribution is 2.40. The van der Waals surface area contributed by atoms with E-state index >= 15 is 0 Å². The molecule has 9 heteroatoms. The third kappa shape index (κ3) is 11.4. The van der Waals surface area contributed by atoms with Gasteiger partial charge in [-0.05, 0) is 157 Å². The molecule has 0 aliphatic heterocycles. The SMILES string of the molecule is [2H][2H].[2H][2H].[2H][2H].[2H][2H].[2H][2H].[2H][2H].[2H][2H].[2H][2H].[2H][2H].[2H][2H].[2H][2H].[2H][2H].[2H][2H].[2H][2H].[2H][2H].[2H][2H].[2H]c1ccc2c(c1)c1cccnc1c1ncccc21.[2H]c1ccc2c(c1)c1cnccc1c1ncccc21.[2H]c1ccc2c3ccccc3c3cccnc3c2c1.[2H]c1ccc2c3ccccc3c3ccncc3c2c1.[2H]c1ccc2c3ccccc3c3ncccc3c2c1.[2H]c1ccc2c3ccncc3c3ccncc3c2c1. The van der Waals surface area contributed by atoms with E-state index in [4.69, 9.17) is 55.7 Å². The molecule has 15 aromatic carbocycles. The van der Waals surface area contributed by atoms with Crippen molar-refractivity contribution in [2.24, 2.45) is 0 Å². The van der Waals surface area contributed by atoms with Gasteiger partial charge in [0.1, 0.15) is 0 Å². The van der Waals surface area contributed by atoms with Crippen molar-refractivity contribution in [2.45, 2.75) is 0 Å². The standard InChI is InChI=1S/3C17H11N.3C16H10N2.16H2/c2*1-2-7-14-12(6-1)13-8-3-4-9-15(13)17-16(14)10-5-11-18-17;1-2-7-14-12(5-1)13-6-3-4-8-15(13)17-11-18-10-9-16(14)17;1-2-6-12-11(5-1)13-7-3-9-17-15(13)16-14(12)8-4-10-18-16;1-2-5-12-11(4-1)13-6-3-8-18-16(13)14-7-9-17-10-15(12)14;1-2-4-12-11(3-1)13-5-7-17-10-16(13)14-6-8-18-9-15(12)14;;;;;;;;;;;;;;;;/h3*1-11H;3*1-10H;16*1H/i4D;2D;4D;1D;2*2D;16*1+1D. The van der Waals surface area contributed by atoms with Crippen molar-refractivity contribution >= 4 is 195 Å². The highest BCUT2D eigenvalue weighted by Gasteiger charge is 2.14. The zero-order valence-corrected chi connectivity index (χ0v) is 57.9. The lowest BCUT2D eigenvalue weighted by Gasteiger charge is -2.09. The van der Waals surface area contributed by atoms with Gasteiger partial charge in [0.25, 0.3) is 0 Å². The van der Waals surface area contributed by atoms with E-state index in [1.165, 1.54) is 53.9 Å². The third-order valence-electron chi connectivity index (χ3n) is 20.3. The number of hydrogen-bond acceptors (Lipinski definition) is 9. The lowest BCUT2D eigenvalue weighted by atomic mass is 9.96. The van der Waals surface area contributed by atoms with Crippen LogP contribution in [0.1, 0.15) is 55.7 Å². The average Bonchev–Trinajstić information content (AvgIpc) is 0.776. The van der Waals surface area contributed by atoms with Crippen LogP contribution in [0.15, 0.2) is 384 Å². The first-order chi connectivity index (χ1) is 72.1. The quantitative estimate of drug-likeness (QED) is 0.137. The molecule has 0 fully saturated rings.